The van der Waals surface area contributed by atoms with Crippen LogP contribution in [-0.4, -0.2) is 68.5 Å². The van der Waals surface area contributed by atoms with E-state index in [1.54, 1.807) is 6.08 Å². The fraction of sp³-hybridized carbons (Fsp3) is 0.882. The molecule has 0 aromatic heterocycles. The van der Waals surface area contributed by atoms with Crippen molar-refractivity contribution in [2.75, 3.05) is 40.9 Å². The highest BCUT2D eigenvalue weighted by Crippen LogP contribution is 2.38. The van der Waals surface area contributed by atoms with Gasteiger partial charge in [0, 0.05) is 6.42 Å². The van der Waals surface area contributed by atoms with Crippen molar-refractivity contribution in [1.82, 2.24) is 5.32 Å². The van der Waals surface area contributed by atoms with Crippen molar-refractivity contribution in [2.45, 2.75) is 392 Å². The molecule has 0 saturated heterocycles. The minimum atomic E-state index is -4.61. The molecule has 0 saturated carbocycles. The molecule has 0 aliphatic rings. The summed E-state index contributed by atoms with van der Waals surface area (Å²) >= 11 is 0. The molecule has 85 heavy (non-hydrogen) atoms. The van der Waals surface area contributed by atoms with Crippen LogP contribution in [0.5, 0.6) is 0 Å². The van der Waals surface area contributed by atoms with Crippen molar-refractivity contribution in [3.05, 3.63) is 48.6 Å². The van der Waals surface area contributed by atoms with Gasteiger partial charge in [-0.2, -0.15) is 0 Å². The first-order valence-electron chi connectivity index (χ1n) is 37.5. The number of hydrogen-bond acceptors (Lipinski definition) is 6. The van der Waals surface area contributed by atoms with E-state index in [0.29, 0.717) is 17.4 Å². The highest BCUT2D eigenvalue weighted by molar-refractivity contribution is 7.45. The van der Waals surface area contributed by atoms with Gasteiger partial charge in [-0.3, -0.25) is 9.36 Å². The average Bonchev–Trinajstić information content (AvgIpc) is 3.48. The molecule has 0 bridgehead atoms. The zero-order valence-electron chi connectivity index (χ0n) is 57.6. The van der Waals surface area contributed by atoms with E-state index in [1.165, 1.54) is 315 Å². The number of rotatable bonds is 70. The van der Waals surface area contributed by atoms with Gasteiger partial charge >= 0.3 is 0 Å². The standard InChI is InChI=1S/C76H147N2O6P/c1-6-8-10-12-14-16-18-20-22-24-26-28-30-31-32-33-34-35-36-37-38-39-40-41-42-43-44-45-46-47-48-50-52-54-56-58-60-62-64-66-68-70-76(80)77-74(73-84-85(81,82)83-72-71-78(3,4)5)75(79)69-67-65-63-61-59-57-55-53-51-49-29-27-25-23-21-19-17-15-13-11-9-7-2/h18,20,24,26,59,61,67,69,74-75,79H,6-17,19,21-23,25,27-58,60,62-66,68,70-73H2,1-5H3,(H-,77,80,81,82)/b20-18-,26-24-,61-59+,69-67+. The molecule has 0 heterocycles. The average molecular weight is 1220 g/mol. The van der Waals surface area contributed by atoms with Gasteiger partial charge in [0.05, 0.1) is 39.9 Å². The lowest BCUT2D eigenvalue weighted by molar-refractivity contribution is -0.870. The summed E-state index contributed by atoms with van der Waals surface area (Å²) in [5.41, 5.74) is 0. The summed E-state index contributed by atoms with van der Waals surface area (Å²) in [4.78, 5) is 25.6. The molecule has 0 fully saturated rings. The third-order valence-electron chi connectivity index (χ3n) is 17.3. The van der Waals surface area contributed by atoms with Crippen LogP contribution in [0.25, 0.3) is 0 Å². The number of carbonyl (C=O) groups is 1. The third-order valence-corrected chi connectivity index (χ3v) is 18.2. The summed E-state index contributed by atoms with van der Waals surface area (Å²) in [7, 11) is 1.26. The smallest absolute Gasteiger partial charge is 0.268 e. The van der Waals surface area contributed by atoms with Crippen molar-refractivity contribution in [1.29, 1.82) is 0 Å². The number of hydrogen-bond donors (Lipinski definition) is 2. The largest absolute Gasteiger partial charge is 0.756 e. The molecule has 2 N–H and O–H groups in total. The highest BCUT2D eigenvalue weighted by Gasteiger charge is 2.23. The van der Waals surface area contributed by atoms with Crippen LogP contribution in [0.2, 0.25) is 0 Å². The molecule has 3 unspecified atom stereocenters. The molecule has 8 nitrogen and oxygen atoms in total. The number of phosphoric ester groups is 1. The molecule has 0 rings (SSSR count). The van der Waals surface area contributed by atoms with E-state index in [4.69, 9.17) is 9.05 Å². The summed E-state index contributed by atoms with van der Waals surface area (Å²) in [6.07, 6.45) is 91.3. The van der Waals surface area contributed by atoms with E-state index < -0.39 is 20.0 Å². The number of carbonyl (C=O) groups excluding carboxylic acids is 1. The molecule has 0 aromatic rings. The summed E-state index contributed by atoms with van der Waals surface area (Å²) in [5, 5.41) is 13.9. The quantitative estimate of drug-likeness (QED) is 0.0272. The molecule has 0 aliphatic heterocycles. The molecule has 3 atom stereocenters. The molecule has 0 radical (unpaired) electrons. The van der Waals surface area contributed by atoms with Crippen LogP contribution in [-0.2, 0) is 18.4 Å². The van der Waals surface area contributed by atoms with Crippen molar-refractivity contribution in [2.24, 2.45) is 0 Å². The van der Waals surface area contributed by atoms with Gasteiger partial charge in [-0.1, -0.05) is 358 Å². The zero-order chi connectivity index (χ0) is 61.9. The van der Waals surface area contributed by atoms with Gasteiger partial charge in [0.2, 0.25) is 5.91 Å². The lowest BCUT2D eigenvalue weighted by Crippen LogP contribution is -2.45. The number of quaternary nitrogens is 1. The maximum absolute atomic E-state index is 13.0. The molecule has 0 aromatic carbocycles. The Hall–Kier alpha value is -1.54. The second kappa shape index (κ2) is 66.9. The van der Waals surface area contributed by atoms with Crippen LogP contribution in [0.1, 0.15) is 380 Å². The summed E-state index contributed by atoms with van der Waals surface area (Å²) < 4.78 is 23.4. The fourth-order valence-corrected chi connectivity index (χ4v) is 12.2. The van der Waals surface area contributed by atoms with Crippen LogP contribution in [0.15, 0.2) is 48.6 Å². The Morgan fingerprint density at radius 3 is 1.02 bits per heavy atom. The van der Waals surface area contributed by atoms with Gasteiger partial charge in [-0.15, -0.1) is 0 Å². The number of nitrogens with one attached hydrogen (secondary N) is 1. The second-order valence-electron chi connectivity index (χ2n) is 27.0. The topological polar surface area (TPSA) is 108 Å². The van der Waals surface area contributed by atoms with Crippen LogP contribution >= 0.6 is 7.82 Å². The predicted octanol–water partition coefficient (Wildman–Crippen LogP) is 23.5. The Balaban J connectivity index is 3.92. The minimum absolute atomic E-state index is 0.00455. The molecule has 0 aliphatic carbocycles. The molecule has 0 spiro atoms. The van der Waals surface area contributed by atoms with Gasteiger partial charge < -0.3 is 28.8 Å². The van der Waals surface area contributed by atoms with Crippen molar-refractivity contribution >= 4 is 13.7 Å². The first kappa shape index (κ1) is 83.5. The Labute approximate surface area is 530 Å². The van der Waals surface area contributed by atoms with E-state index in [2.05, 4.69) is 55.6 Å². The summed E-state index contributed by atoms with van der Waals surface area (Å²) in [6, 6.07) is -0.903. The number of amides is 1. The van der Waals surface area contributed by atoms with Gasteiger partial charge in [0.1, 0.15) is 13.2 Å². The first-order valence-corrected chi connectivity index (χ1v) is 39.0. The first-order chi connectivity index (χ1) is 41.5. The number of phosphoric acid groups is 1. The number of likely N-dealkylation sites (N-methyl/N-ethyl adjacent to an activating group) is 1. The Bertz CT molecular complexity index is 1530. The van der Waals surface area contributed by atoms with Crippen molar-refractivity contribution in [3.8, 4) is 0 Å². The van der Waals surface area contributed by atoms with Gasteiger partial charge in [0.25, 0.3) is 7.82 Å². The van der Waals surface area contributed by atoms with Crippen LogP contribution in [0.3, 0.4) is 0 Å². The van der Waals surface area contributed by atoms with Crippen LogP contribution < -0.4 is 10.2 Å². The van der Waals surface area contributed by atoms with E-state index in [9.17, 15) is 19.4 Å². The van der Waals surface area contributed by atoms with Gasteiger partial charge in [0.15, 0.2) is 0 Å². The number of unbranched alkanes of at least 4 members (excludes halogenated alkanes) is 51. The van der Waals surface area contributed by atoms with Crippen LogP contribution in [0, 0.1) is 0 Å². The number of aliphatic hydroxyl groups excluding tert-OH is 1. The maximum atomic E-state index is 13.0. The summed E-state index contributed by atoms with van der Waals surface area (Å²) in [6.45, 7) is 4.67. The predicted molar refractivity (Wildman–Crippen MR) is 371 cm³/mol. The normalized spacial score (nSPS) is 13.8. The second-order valence-corrected chi connectivity index (χ2v) is 28.4. The van der Waals surface area contributed by atoms with Gasteiger partial charge in [-0.25, -0.2) is 0 Å². The lowest BCUT2D eigenvalue weighted by Gasteiger charge is -2.29. The summed E-state index contributed by atoms with van der Waals surface area (Å²) in [5.74, 6) is -0.199. The fourth-order valence-electron chi connectivity index (χ4n) is 11.4. The SMILES string of the molecule is CCCCCCC/C=C\C/C=C\CCCCCCCCCCCCCCCCCCCCCCCCCCCCCCCC(=O)NC(COP(=O)([O-])OCC[N+](C)(C)C)C(O)/C=C/CC/C=C/CCCCCCCCCCCCCCCCCC. The number of allylic oxidation sites excluding steroid dienone is 7. The number of aliphatic hydroxyl groups is 1. The third kappa shape index (κ3) is 69.8. The Morgan fingerprint density at radius 2 is 0.694 bits per heavy atom. The highest BCUT2D eigenvalue weighted by atomic mass is 31.2. The van der Waals surface area contributed by atoms with E-state index in [0.717, 1.165) is 44.9 Å². The van der Waals surface area contributed by atoms with Crippen molar-refractivity contribution in [3.63, 3.8) is 0 Å². The molecule has 9 heteroatoms. The van der Waals surface area contributed by atoms with Crippen LogP contribution in [0.4, 0.5) is 0 Å². The van der Waals surface area contributed by atoms with E-state index in [1.807, 2.05) is 27.2 Å². The number of nitrogens with zero attached hydrogens (tertiary/aromatic N) is 1. The van der Waals surface area contributed by atoms with E-state index in [-0.39, 0.29) is 19.1 Å². The zero-order valence-corrected chi connectivity index (χ0v) is 58.5. The minimum Gasteiger partial charge on any atom is -0.756 e. The maximum Gasteiger partial charge on any atom is 0.268 e. The van der Waals surface area contributed by atoms with Gasteiger partial charge in [-0.05, 0) is 64.2 Å². The monoisotopic (exact) mass is 1220 g/mol. The Morgan fingerprint density at radius 1 is 0.412 bits per heavy atom. The molecule has 502 valence electrons. The molecular formula is C76H147N2O6P. The van der Waals surface area contributed by atoms with E-state index >= 15 is 0 Å². The van der Waals surface area contributed by atoms with Crippen molar-refractivity contribution < 1.29 is 32.9 Å². The Kier molecular flexibility index (Phi) is 65.7. The molecule has 1 amide bonds. The molecular weight excluding hydrogens is 1070 g/mol. The lowest BCUT2D eigenvalue weighted by atomic mass is 10.0.